The van der Waals surface area contributed by atoms with E-state index in [-0.39, 0.29) is 17.9 Å². The van der Waals surface area contributed by atoms with Gasteiger partial charge in [-0.2, -0.15) is 0 Å². The number of carbonyl (C=O) groups is 2. The van der Waals surface area contributed by atoms with Crippen LogP contribution in [0.25, 0.3) is 0 Å². The molecule has 0 bridgehead atoms. The van der Waals surface area contributed by atoms with Gasteiger partial charge in [0.2, 0.25) is 5.91 Å². The van der Waals surface area contributed by atoms with Crippen LogP contribution in [0.2, 0.25) is 0 Å². The van der Waals surface area contributed by atoms with E-state index in [1.165, 1.54) is 11.8 Å². The van der Waals surface area contributed by atoms with E-state index < -0.39 is 6.09 Å². The van der Waals surface area contributed by atoms with Gasteiger partial charge in [0.15, 0.2) is 0 Å². The summed E-state index contributed by atoms with van der Waals surface area (Å²) in [5.74, 6) is 2.36. The highest BCUT2D eigenvalue weighted by Crippen LogP contribution is 2.32. The summed E-state index contributed by atoms with van der Waals surface area (Å²) in [6.07, 6.45) is 0.820. The number of aryl methyl sites for hydroxylation is 1. The van der Waals surface area contributed by atoms with Crippen LogP contribution < -0.4 is 19.5 Å². The van der Waals surface area contributed by atoms with Crippen LogP contribution in [-0.2, 0) is 27.3 Å². The Hall–Kier alpha value is -4.28. The van der Waals surface area contributed by atoms with Crippen molar-refractivity contribution in [1.29, 1.82) is 0 Å². The van der Waals surface area contributed by atoms with E-state index in [1.54, 1.807) is 7.11 Å². The molecule has 10 nitrogen and oxygen atoms in total. The first kappa shape index (κ1) is 34.6. The molecule has 1 saturated heterocycles. The smallest absolute Gasteiger partial charge is 0.407 e. The van der Waals surface area contributed by atoms with Crippen molar-refractivity contribution in [2.45, 2.75) is 51.7 Å². The zero-order valence-corrected chi connectivity index (χ0v) is 27.0. The van der Waals surface area contributed by atoms with Gasteiger partial charge in [0.1, 0.15) is 23.9 Å². The number of piperidine rings is 1. The highest BCUT2D eigenvalue weighted by Gasteiger charge is 2.33. The number of carboxylic acid groups (broad SMARTS) is 1. The number of nitrogens with one attached hydrogen (secondary N) is 1. The van der Waals surface area contributed by atoms with Crippen molar-refractivity contribution in [1.82, 2.24) is 10.2 Å². The van der Waals surface area contributed by atoms with Crippen LogP contribution in [0.4, 0.5) is 4.79 Å². The van der Waals surface area contributed by atoms with Gasteiger partial charge in [0.05, 0.1) is 46.2 Å². The SMILES string of the molecule is COc1ccccc1COCCCOc1ccc(C2CCN(C(=O)O)CC2OCCOc2c(C)cccc2CCNC(C)=O)cc1. The van der Waals surface area contributed by atoms with Gasteiger partial charge < -0.3 is 39.0 Å². The lowest BCUT2D eigenvalue weighted by atomic mass is 9.87. The number of hydrogen-bond donors (Lipinski definition) is 2. The Bertz CT molecular complexity index is 1400. The van der Waals surface area contributed by atoms with Crippen LogP contribution in [0.1, 0.15) is 47.9 Å². The van der Waals surface area contributed by atoms with Crippen LogP contribution >= 0.6 is 0 Å². The van der Waals surface area contributed by atoms with E-state index in [4.69, 9.17) is 23.7 Å². The van der Waals surface area contributed by atoms with Crippen molar-refractivity contribution >= 4 is 12.0 Å². The second-order valence-corrected chi connectivity index (χ2v) is 11.3. The molecule has 0 saturated carbocycles. The van der Waals surface area contributed by atoms with Gasteiger partial charge in [-0.3, -0.25) is 4.79 Å². The molecule has 1 aliphatic heterocycles. The predicted octanol–water partition coefficient (Wildman–Crippen LogP) is 5.60. The van der Waals surface area contributed by atoms with Crippen LogP contribution in [0.3, 0.4) is 0 Å². The van der Waals surface area contributed by atoms with Gasteiger partial charge in [0.25, 0.3) is 0 Å². The molecule has 2 atom stereocenters. The van der Waals surface area contributed by atoms with E-state index in [1.807, 2.05) is 73.7 Å². The number of amides is 2. The summed E-state index contributed by atoms with van der Waals surface area (Å²) in [5.41, 5.74) is 4.13. The number of hydrogen-bond acceptors (Lipinski definition) is 7. The molecule has 1 aliphatic rings. The fraction of sp³-hybridized carbons (Fsp3) is 0.444. The lowest BCUT2D eigenvalue weighted by Gasteiger charge is -2.37. The maximum absolute atomic E-state index is 11.8. The number of para-hydroxylation sites is 2. The number of benzene rings is 3. The van der Waals surface area contributed by atoms with Gasteiger partial charge in [-0.15, -0.1) is 0 Å². The lowest BCUT2D eigenvalue weighted by Crippen LogP contribution is -2.46. The van der Waals surface area contributed by atoms with E-state index in [2.05, 4.69) is 5.32 Å². The van der Waals surface area contributed by atoms with Crippen LogP contribution in [0.5, 0.6) is 17.2 Å². The van der Waals surface area contributed by atoms with Crippen molar-refractivity contribution in [3.63, 3.8) is 0 Å². The minimum atomic E-state index is -0.942. The molecular formula is C36H46N2O8. The number of nitrogens with zero attached hydrogens (tertiary/aromatic N) is 1. The number of rotatable bonds is 17. The highest BCUT2D eigenvalue weighted by atomic mass is 16.5. The van der Waals surface area contributed by atoms with E-state index in [9.17, 15) is 14.7 Å². The largest absolute Gasteiger partial charge is 0.496 e. The lowest BCUT2D eigenvalue weighted by molar-refractivity contribution is -0.118. The topological polar surface area (TPSA) is 116 Å². The fourth-order valence-electron chi connectivity index (χ4n) is 5.64. The molecule has 3 aromatic carbocycles. The minimum Gasteiger partial charge on any atom is -0.496 e. The Morgan fingerprint density at radius 3 is 2.48 bits per heavy atom. The molecule has 1 fully saturated rings. The summed E-state index contributed by atoms with van der Waals surface area (Å²) in [6.45, 7) is 6.99. The van der Waals surface area contributed by atoms with Gasteiger partial charge >= 0.3 is 6.09 Å². The summed E-state index contributed by atoms with van der Waals surface area (Å²) in [7, 11) is 1.66. The van der Waals surface area contributed by atoms with E-state index in [0.29, 0.717) is 65.5 Å². The number of carbonyl (C=O) groups excluding carboxylic acids is 1. The first-order chi connectivity index (χ1) is 22.4. The Labute approximate surface area is 271 Å². The first-order valence-corrected chi connectivity index (χ1v) is 15.8. The monoisotopic (exact) mass is 634 g/mol. The van der Waals surface area contributed by atoms with Gasteiger partial charge in [0, 0.05) is 37.9 Å². The molecule has 10 heteroatoms. The van der Waals surface area contributed by atoms with Crippen molar-refractivity contribution in [3.8, 4) is 17.2 Å². The molecule has 0 radical (unpaired) electrons. The molecule has 1 heterocycles. The molecule has 2 amide bonds. The molecule has 2 unspecified atom stereocenters. The number of ether oxygens (including phenoxy) is 5. The second kappa shape index (κ2) is 18.0. The maximum Gasteiger partial charge on any atom is 0.407 e. The minimum absolute atomic E-state index is 0.0414. The van der Waals surface area contributed by atoms with Crippen LogP contribution in [0, 0.1) is 6.92 Å². The Morgan fingerprint density at radius 1 is 0.935 bits per heavy atom. The zero-order chi connectivity index (χ0) is 32.7. The third-order valence-electron chi connectivity index (χ3n) is 8.01. The third-order valence-corrected chi connectivity index (χ3v) is 8.01. The quantitative estimate of drug-likeness (QED) is 0.185. The number of likely N-dealkylation sites (tertiary alicyclic amines) is 1. The van der Waals surface area contributed by atoms with E-state index >= 15 is 0 Å². The summed E-state index contributed by atoms with van der Waals surface area (Å²) < 4.78 is 29.5. The first-order valence-electron chi connectivity index (χ1n) is 15.8. The van der Waals surface area contributed by atoms with Crippen molar-refractivity contribution in [3.05, 3.63) is 89.0 Å². The predicted molar refractivity (Wildman–Crippen MR) is 175 cm³/mol. The summed E-state index contributed by atoms with van der Waals surface area (Å²) in [4.78, 5) is 24.4. The summed E-state index contributed by atoms with van der Waals surface area (Å²) in [5, 5.41) is 12.5. The number of methoxy groups -OCH3 is 1. The molecule has 0 spiro atoms. The molecular weight excluding hydrogens is 588 g/mol. The molecule has 46 heavy (non-hydrogen) atoms. The highest BCUT2D eigenvalue weighted by molar-refractivity contribution is 5.72. The normalized spacial score (nSPS) is 16.1. The Morgan fingerprint density at radius 2 is 1.72 bits per heavy atom. The Balaban J connectivity index is 1.26. The summed E-state index contributed by atoms with van der Waals surface area (Å²) in [6, 6.07) is 21.8. The molecule has 0 aromatic heterocycles. The molecule has 4 rings (SSSR count). The van der Waals surface area contributed by atoms with Gasteiger partial charge in [-0.25, -0.2) is 4.79 Å². The van der Waals surface area contributed by atoms with Gasteiger partial charge in [-0.05, 0) is 54.7 Å². The van der Waals surface area contributed by atoms with E-state index in [0.717, 1.165) is 45.9 Å². The van der Waals surface area contributed by atoms with Crippen molar-refractivity contribution < 1.29 is 38.4 Å². The molecule has 3 aromatic rings. The second-order valence-electron chi connectivity index (χ2n) is 11.3. The summed E-state index contributed by atoms with van der Waals surface area (Å²) >= 11 is 0. The Kier molecular flexibility index (Phi) is 13.5. The molecule has 2 N–H and O–H groups in total. The maximum atomic E-state index is 11.8. The molecule has 248 valence electrons. The van der Waals surface area contributed by atoms with Crippen molar-refractivity contribution in [2.24, 2.45) is 0 Å². The van der Waals surface area contributed by atoms with Gasteiger partial charge in [-0.1, -0.05) is 48.5 Å². The van der Waals surface area contributed by atoms with Crippen LogP contribution in [-0.4, -0.2) is 81.3 Å². The zero-order valence-electron chi connectivity index (χ0n) is 27.0. The van der Waals surface area contributed by atoms with Crippen molar-refractivity contribution in [2.75, 3.05) is 53.2 Å². The fourth-order valence-corrected chi connectivity index (χ4v) is 5.64. The average Bonchev–Trinajstić information content (AvgIpc) is 3.06. The van der Waals surface area contributed by atoms with Crippen LogP contribution in [0.15, 0.2) is 66.7 Å². The molecule has 0 aliphatic carbocycles. The standard InChI is InChI=1S/C36H46N2O8/c1-26-8-6-10-29(16-18-37-27(2)39)35(26)46-23-22-45-34-24-38(36(40)41)19-17-32(34)28-12-14-31(15-13-28)44-21-7-20-43-25-30-9-4-5-11-33(30)42-3/h4-6,8-15,32,34H,7,16-25H2,1-3H3,(H,37,39)(H,40,41). The third kappa shape index (κ3) is 10.4. The average molecular weight is 635 g/mol.